The van der Waals surface area contributed by atoms with Crippen LogP contribution in [-0.2, 0) is 15.1 Å². The number of hydrogen-bond donors (Lipinski definition) is 2. The van der Waals surface area contributed by atoms with Gasteiger partial charge >= 0.3 is 6.03 Å². The lowest BCUT2D eigenvalue weighted by Crippen LogP contribution is -2.47. The van der Waals surface area contributed by atoms with E-state index in [0.29, 0.717) is 22.6 Å². The van der Waals surface area contributed by atoms with Crippen LogP contribution in [0.4, 0.5) is 4.79 Å². The molecule has 0 saturated carbocycles. The molecule has 1 heterocycles. The number of urea groups is 1. The molecule has 170 valence electrons. The minimum atomic E-state index is -1.47. The first-order chi connectivity index (χ1) is 15.2. The molecule has 2 aromatic rings. The molecule has 2 N–H and O–H groups in total. The summed E-state index contributed by atoms with van der Waals surface area (Å²) in [6.45, 7) is 5.48. The third-order valence-corrected chi connectivity index (χ3v) is 5.84. The molecule has 8 nitrogen and oxygen atoms in total. The summed E-state index contributed by atoms with van der Waals surface area (Å²) >= 11 is 0. The van der Waals surface area contributed by atoms with Crippen molar-refractivity contribution < 1.29 is 23.9 Å². The maximum Gasteiger partial charge on any atom is 0.326 e. The molecule has 0 spiro atoms. The van der Waals surface area contributed by atoms with E-state index in [1.165, 1.54) is 0 Å². The molecule has 1 fully saturated rings. The van der Waals surface area contributed by atoms with Gasteiger partial charge in [-0.2, -0.15) is 0 Å². The molecule has 0 bridgehead atoms. The topological polar surface area (TPSA) is 97.0 Å². The highest BCUT2D eigenvalue weighted by Crippen LogP contribution is 2.37. The summed E-state index contributed by atoms with van der Waals surface area (Å²) in [5, 5.41) is 5.67. The fourth-order valence-electron chi connectivity index (χ4n) is 3.57. The zero-order valence-electron chi connectivity index (χ0n) is 19.0. The van der Waals surface area contributed by atoms with Gasteiger partial charge in [-0.15, -0.1) is 0 Å². The summed E-state index contributed by atoms with van der Waals surface area (Å²) < 4.78 is 10.5. The molecular weight excluding hydrogens is 410 g/mol. The normalized spacial score (nSPS) is 16.0. The molecule has 0 aromatic heterocycles. The van der Waals surface area contributed by atoms with E-state index in [1.54, 1.807) is 62.8 Å². The summed E-state index contributed by atoms with van der Waals surface area (Å²) in [4.78, 5) is 40.1. The Balaban J connectivity index is 2.00. The van der Waals surface area contributed by atoms with Crippen molar-refractivity contribution in [1.29, 1.82) is 0 Å². The second kappa shape index (κ2) is 9.30. The second-order valence-electron chi connectivity index (χ2n) is 8.13. The average molecular weight is 440 g/mol. The summed E-state index contributed by atoms with van der Waals surface area (Å²) in [6, 6.07) is 13.1. The van der Waals surface area contributed by atoms with Crippen molar-refractivity contribution in [3.8, 4) is 11.5 Å². The molecule has 8 heteroatoms. The molecule has 1 aliphatic rings. The Bertz CT molecular complexity index is 938. The summed E-state index contributed by atoms with van der Waals surface area (Å²) in [5.74, 6) is 0.545. The summed E-state index contributed by atoms with van der Waals surface area (Å²) in [5.41, 5.74) is -0.361. The van der Waals surface area contributed by atoms with Gasteiger partial charge in [-0.1, -0.05) is 38.1 Å². The highest BCUT2D eigenvalue weighted by molar-refractivity contribution is 6.11. The highest BCUT2D eigenvalue weighted by atomic mass is 16.5. The zero-order valence-corrected chi connectivity index (χ0v) is 19.0. The zero-order chi connectivity index (χ0) is 23.5. The number of methoxy groups -OCH3 is 2. The first kappa shape index (κ1) is 23.1. The van der Waals surface area contributed by atoms with Crippen LogP contribution in [0.3, 0.4) is 0 Å². The van der Waals surface area contributed by atoms with Crippen LogP contribution in [0, 0.1) is 5.92 Å². The number of carbonyl (C=O) groups is 3. The van der Waals surface area contributed by atoms with Gasteiger partial charge in [0, 0.05) is 6.04 Å². The van der Waals surface area contributed by atoms with Gasteiger partial charge in [0.05, 0.1) is 14.2 Å². The van der Waals surface area contributed by atoms with E-state index in [1.807, 2.05) is 20.8 Å². The molecule has 0 radical (unpaired) electrons. The van der Waals surface area contributed by atoms with Gasteiger partial charge in [-0.3, -0.25) is 14.5 Å². The summed E-state index contributed by atoms with van der Waals surface area (Å²) in [6.07, 6.45) is 0. The molecule has 2 aromatic carbocycles. The lowest BCUT2D eigenvalue weighted by atomic mass is 9.82. The van der Waals surface area contributed by atoms with Crippen molar-refractivity contribution in [2.24, 2.45) is 5.92 Å². The highest BCUT2D eigenvalue weighted by Gasteiger charge is 2.54. The first-order valence-corrected chi connectivity index (χ1v) is 10.5. The average Bonchev–Trinajstić information content (AvgIpc) is 3.04. The standard InChI is InChI=1S/C24H29N3O5/c1-15(2)16(3)25-21(28)14-27-22(29)24(26-23(27)30,17-6-10-19(31-4)11-7-17)18-8-12-20(32-5)13-9-18/h6-13,15-16H,14H2,1-5H3,(H,25,28)(H,26,30). The van der Waals surface area contributed by atoms with Crippen LogP contribution >= 0.6 is 0 Å². The van der Waals surface area contributed by atoms with Crippen LogP contribution in [0.15, 0.2) is 48.5 Å². The predicted molar refractivity (Wildman–Crippen MR) is 119 cm³/mol. The number of amides is 4. The van der Waals surface area contributed by atoms with Crippen molar-refractivity contribution >= 4 is 17.8 Å². The van der Waals surface area contributed by atoms with Gasteiger partial charge in [0.1, 0.15) is 18.0 Å². The van der Waals surface area contributed by atoms with Gasteiger partial charge in [0.25, 0.3) is 5.91 Å². The minimum absolute atomic E-state index is 0.0869. The second-order valence-corrected chi connectivity index (χ2v) is 8.13. The van der Waals surface area contributed by atoms with E-state index in [2.05, 4.69) is 10.6 Å². The van der Waals surface area contributed by atoms with Gasteiger partial charge < -0.3 is 20.1 Å². The number of ether oxygens (including phenoxy) is 2. The Morgan fingerprint density at radius 2 is 1.41 bits per heavy atom. The van der Waals surface area contributed by atoms with Gasteiger partial charge in [-0.25, -0.2) is 4.79 Å². The SMILES string of the molecule is COc1ccc(C2(c3ccc(OC)cc3)NC(=O)N(CC(=O)NC(C)C(C)C)C2=O)cc1. The number of nitrogens with one attached hydrogen (secondary N) is 2. The van der Waals surface area contributed by atoms with E-state index in [0.717, 1.165) is 4.90 Å². The van der Waals surface area contributed by atoms with Gasteiger partial charge in [0.2, 0.25) is 5.91 Å². The lowest BCUT2D eigenvalue weighted by Gasteiger charge is -2.28. The molecule has 3 rings (SSSR count). The quantitative estimate of drug-likeness (QED) is 0.617. The van der Waals surface area contributed by atoms with Crippen molar-refractivity contribution in [3.05, 3.63) is 59.7 Å². The molecule has 4 amide bonds. The Labute approximate surface area is 187 Å². The van der Waals surface area contributed by atoms with Gasteiger partial charge in [-0.05, 0) is 48.2 Å². The smallest absolute Gasteiger partial charge is 0.326 e. The molecule has 1 saturated heterocycles. The van der Waals surface area contributed by atoms with E-state index in [-0.39, 0.29) is 18.5 Å². The number of imide groups is 1. The molecule has 0 aliphatic carbocycles. The number of hydrogen-bond acceptors (Lipinski definition) is 5. The molecular formula is C24H29N3O5. The van der Waals surface area contributed by atoms with Crippen molar-refractivity contribution in [2.75, 3.05) is 20.8 Å². The maximum absolute atomic E-state index is 13.7. The number of carbonyl (C=O) groups excluding carboxylic acids is 3. The predicted octanol–water partition coefficient (Wildman–Crippen LogP) is 2.66. The Hall–Kier alpha value is -3.55. The number of rotatable bonds is 8. The maximum atomic E-state index is 13.7. The van der Waals surface area contributed by atoms with Crippen molar-refractivity contribution in [1.82, 2.24) is 15.5 Å². The van der Waals surface area contributed by atoms with Crippen LogP contribution in [0.5, 0.6) is 11.5 Å². The van der Waals surface area contributed by atoms with Crippen LogP contribution in [0.25, 0.3) is 0 Å². The van der Waals surface area contributed by atoms with Crippen LogP contribution in [0.2, 0.25) is 0 Å². The van der Waals surface area contributed by atoms with Crippen LogP contribution in [0.1, 0.15) is 31.9 Å². The molecule has 1 aliphatic heterocycles. The Kier molecular flexibility index (Phi) is 6.72. The van der Waals surface area contributed by atoms with Gasteiger partial charge in [0.15, 0.2) is 5.54 Å². The van der Waals surface area contributed by atoms with Crippen molar-refractivity contribution in [2.45, 2.75) is 32.4 Å². The molecule has 1 unspecified atom stereocenters. The monoisotopic (exact) mass is 439 g/mol. The van der Waals surface area contributed by atoms with E-state index in [4.69, 9.17) is 9.47 Å². The van der Waals surface area contributed by atoms with E-state index < -0.39 is 23.4 Å². The van der Waals surface area contributed by atoms with E-state index >= 15 is 0 Å². The van der Waals surface area contributed by atoms with E-state index in [9.17, 15) is 14.4 Å². The first-order valence-electron chi connectivity index (χ1n) is 10.5. The molecule has 32 heavy (non-hydrogen) atoms. The number of benzene rings is 2. The lowest BCUT2D eigenvalue weighted by molar-refractivity contribution is -0.134. The summed E-state index contributed by atoms with van der Waals surface area (Å²) in [7, 11) is 3.10. The van der Waals surface area contributed by atoms with Crippen LogP contribution < -0.4 is 20.1 Å². The van der Waals surface area contributed by atoms with Crippen LogP contribution in [-0.4, -0.2) is 49.6 Å². The largest absolute Gasteiger partial charge is 0.497 e. The number of nitrogens with zero attached hydrogens (tertiary/aromatic N) is 1. The fraction of sp³-hybridized carbons (Fsp3) is 0.375. The third kappa shape index (κ3) is 4.26. The molecule has 1 atom stereocenters. The van der Waals surface area contributed by atoms with Crippen molar-refractivity contribution in [3.63, 3.8) is 0 Å². The third-order valence-electron chi connectivity index (χ3n) is 5.84. The fourth-order valence-corrected chi connectivity index (χ4v) is 3.57. The minimum Gasteiger partial charge on any atom is -0.497 e. The Morgan fingerprint density at radius 1 is 0.938 bits per heavy atom. The Morgan fingerprint density at radius 3 is 1.81 bits per heavy atom.